The fourth-order valence-corrected chi connectivity index (χ4v) is 7.13. The highest BCUT2D eigenvalue weighted by atomic mass is 16.3. The molecule has 0 bridgehead atoms. The Balaban J connectivity index is 0.000000175. The van der Waals surface area contributed by atoms with Gasteiger partial charge < -0.3 is 20.4 Å². The van der Waals surface area contributed by atoms with Crippen molar-refractivity contribution in [3.63, 3.8) is 0 Å². The Bertz CT molecular complexity index is 1940. The third-order valence-corrected chi connectivity index (χ3v) is 9.53. The van der Waals surface area contributed by atoms with Gasteiger partial charge in [0.15, 0.2) is 0 Å². The van der Waals surface area contributed by atoms with Crippen LogP contribution in [0.15, 0.2) is 188 Å². The molecule has 7 rings (SSSR count). The molecule has 0 aliphatic carbocycles. The summed E-state index contributed by atoms with van der Waals surface area (Å²) >= 11 is 0. The second kappa shape index (κ2) is 14.9. The number of aromatic hydroxyl groups is 4. The Kier molecular flexibility index (Phi) is 10.0. The van der Waals surface area contributed by atoms with Crippen molar-refractivity contribution < 1.29 is 20.4 Å². The van der Waals surface area contributed by atoms with E-state index in [0.717, 1.165) is 39.8 Å². The van der Waals surface area contributed by atoms with Crippen LogP contribution in [0, 0.1) is 0 Å². The molecule has 0 heterocycles. The fourth-order valence-electron chi connectivity index (χ4n) is 7.13. The summed E-state index contributed by atoms with van der Waals surface area (Å²) in [5, 5.41) is 39.0. The second-order valence-electron chi connectivity index (χ2n) is 12.3. The van der Waals surface area contributed by atoms with Crippen LogP contribution in [0.3, 0.4) is 0 Å². The smallest absolute Gasteiger partial charge is 0.115 e. The van der Waals surface area contributed by atoms with Crippen molar-refractivity contribution in [2.45, 2.75) is 24.2 Å². The maximum atomic E-state index is 9.84. The minimum atomic E-state index is -0.566. The van der Waals surface area contributed by atoms with Gasteiger partial charge in [-0.3, -0.25) is 0 Å². The van der Waals surface area contributed by atoms with Gasteiger partial charge in [-0.15, -0.1) is 0 Å². The Hall–Kier alpha value is -6.26. The lowest BCUT2D eigenvalue weighted by atomic mass is 9.65. The van der Waals surface area contributed by atoms with Crippen molar-refractivity contribution in [3.8, 4) is 23.0 Å². The molecule has 248 valence electrons. The van der Waals surface area contributed by atoms with E-state index in [0.29, 0.717) is 0 Å². The first-order chi connectivity index (χ1) is 24.4. The average molecular weight is 657 g/mol. The van der Waals surface area contributed by atoms with Crippen LogP contribution >= 0.6 is 0 Å². The molecule has 0 radical (unpaired) electrons. The molecule has 50 heavy (non-hydrogen) atoms. The first-order valence-corrected chi connectivity index (χ1v) is 16.7. The van der Waals surface area contributed by atoms with Gasteiger partial charge >= 0.3 is 0 Å². The van der Waals surface area contributed by atoms with Crippen LogP contribution in [0.25, 0.3) is 0 Å². The highest BCUT2D eigenvalue weighted by Crippen LogP contribution is 2.46. The van der Waals surface area contributed by atoms with Crippen molar-refractivity contribution in [3.05, 3.63) is 227 Å². The van der Waals surface area contributed by atoms with Crippen LogP contribution in [0.4, 0.5) is 0 Å². The summed E-state index contributed by atoms with van der Waals surface area (Å²) in [7, 11) is 0. The number of phenols is 4. The standard InChI is InChI=1S/C25H20O2.C21H20O2/c26-23-15-11-21(12-16-23)25(19-7-3-1-4-8-19,20-9-5-2-6-10-20)22-13-17-24(27)18-14-22;1-2-21(16-6-4-3-5-7-16,17-8-12-19(22)13-9-17)18-10-14-20(23)15-11-18/h1-18,26-27H;3-15,22-23H,2H2,1H3. The normalized spacial score (nSPS) is 11.3. The summed E-state index contributed by atoms with van der Waals surface area (Å²) in [6, 6.07) is 60.5. The molecule has 7 aromatic carbocycles. The Morgan fingerprint density at radius 2 is 0.520 bits per heavy atom. The van der Waals surface area contributed by atoms with Gasteiger partial charge in [0.2, 0.25) is 0 Å². The minimum Gasteiger partial charge on any atom is -0.508 e. The molecule has 0 saturated carbocycles. The molecule has 0 aliphatic rings. The number of phenolic OH excluding ortho intramolecular Hbond substituents is 4. The largest absolute Gasteiger partial charge is 0.508 e. The molecule has 0 spiro atoms. The molecular formula is C46H40O4. The Morgan fingerprint density at radius 3 is 0.800 bits per heavy atom. The Labute approximate surface area is 293 Å². The molecular weight excluding hydrogens is 617 g/mol. The third kappa shape index (κ3) is 6.56. The van der Waals surface area contributed by atoms with Gasteiger partial charge in [-0.25, -0.2) is 0 Å². The van der Waals surface area contributed by atoms with E-state index in [1.807, 2.05) is 103 Å². The van der Waals surface area contributed by atoms with Crippen LogP contribution in [0.1, 0.15) is 52.3 Å². The monoisotopic (exact) mass is 656 g/mol. The molecule has 0 saturated heterocycles. The number of hydrogen-bond donors (Lipinski definition) is 4. The molecule has 4 nitrogen and oxygen atoms in total. The minimum absolute atomic E-state index is 0.236. The average Bonchev–Trinajstić information content (AvgIpc) is 3.17. The molecule has 0 aliphatic heterocycles. The maximum Gasteiger partial charge on any atom is 0.115 e. The SMILES string of the molecule is CCC(c1ccccc1)(c1ccc(O)cc1)c1ccc(O)cc1.Oc1ccc(C(c2ccccc2)(c2ccccc2)c2ccc(O)cc2)cc1. The van der Waals surface area contributed by atoms with Crippen molar-refractivity contribution >= 4 is 0 Å². The summed E-state index contributed by atoms with van der Waals surface area (Å²) in [4.78, 5) is 0. The highest BCUT2D eigenvalue weighted by molar-refractivity contribution is 5.60. The van der Waals surface area contributed by atoms with Gasteiger partial charge in [0.05, 0.1) is 5.41 Å². The predicted molar refractivity (Wildman–Crippen MR) is 201 cm³/mol. The molecule has 0 atom stereocenters. The highest BCUT2D eigenvalue weighted by Gasteiger charge is 2.38. The van der Waals surface area contributed by atoms with Gasteiger partial charge in [-0.05, 0) is 93.9 Å². The Morgan fingerprint density at radius 1 is 0.300 bits per heavy atom. The van der Waals surface area contributed by atoms with Crippen LogP contribution in [-0.4, -0.2) is 20.4 Å². The van der Waals surface area contributed by atoms with E-state index >= 15 is 0 Å². The molecule has 4 heteroatoms. The zero-order chi connectivity index (χ0) is 35.0. The third-order valence-electron chi connectivity index (χ3n) is 9.53. The topological polar surface area (TPSA) is 80.9 Å². The van der Waals surface area contributed by atoms with E-state index in [9.17, 15) is 20.4 Å². The summed E-state index contributed by atoms with van der Waals surface area (Å²) in [6.45, 7) is 2.16. The van der Waals surface area contributed by atoms with Crippen LogP contribution in [0.5, 0.6) is 23.0 Å². The van der Waals surface area contributed by atoms with E-state index in [1.165, 1.54) is 5.56 Å². The first kappa shape index (κ1) is 33.6. The van der Waals surface area contributed by atoms with Crippen LogP contribution in [-0.2, 0) is 10.8 Å². The number of rotatable bonds is 8. The molecule has 0 fully saturated rings. The summed E-state index contributed by atoms with van der Waals surface area (Å²) in [5.41, 5.74) is 6.88. The molecule has 0 aromatic heterocycles. The van der Waals surface area contributed by atoms with E-state index < -0.39 is 5.41 Å². The van der Waals surface area contributed by atoms with Crippen LogP contribution in [0.2, 0.25) is 0 Å². The lowest BCUT2D eigenvalue weighted by Gasteiger charge is -2.36. The molecule has 0 unspecified atom stereocenters. The second-order valence-corrected chi connectivity index (χ2v) is 12.3. The maximum absolute atomic E-state index is 9.84. The number of benzene rings is 7. The van der Waals surface area contributed by atoms with Gasteiger partial charge in [0, 0.05) is 5.41 Å². The predicted octanol–water partition coefficient (Wildman–Crippen LogP) is 10.3. The van der Waals surface area contributed by atoms with E-state index in [-0.39, 0.29) is 28.4 Å². The fraction of sp³-hybridized carbons (Fsp3) is 0.0870. The first-order valence-electron chi connectivity index (χ1n) is 16.7. The van der Waals surface area contributed by atoms with Gasteiger partial charge in [0.25, 0.3) is 0 Å². The van der Waals surface area contributed by atoms with Crippen molar-refractivity contribution in [2.75, 3.05) is 0 Å². The van der Waals surface area contributed by atoms with Gasteiger partial charge in [-0.2, -0.15) is 0 Å². The lowest BCUT2D eigenvalue weighted by Crippen LogP contribution is -2.30. The molecule has 7 aromatic rings. The van der Waals surface area contributed by atoms with Crippen LogP contribution < -0.4 is 0 Å². The molecule has 4 N–H and O–H groups in total. The van der Waals surface area contributed by atoms with Gasteiger partial charge in [-0.1, -0.05) is 146 Å². The zero-order valence-corrected chi connectivity index (χ0v) is 27.9. The van der Waals surface area contributed by atoms with Crippen molar-refractivity contribution in [1.29, 1.82) is 0 Å². The zero-order valence-electron chi connectivity index (χ0n) is 27.9. The number of hydrogen-bond acceptors (Lipinski definition) is 4. The van der Waals surface area contributed by atoms with Crippen molar-refractivity contribution in [1.82, 2.24) is 0 Å². The van der Waals surface area contributed by atoms with E-state index in [1.54, 1.807) is 48.5 Å². The molecule has 0 amide bonds. The van der Waals surface area contributed by atoms with Crippen molar-refractivity contribution in [2.24, 2.45) is 0 Å². The summed E-state index contributed by atoms with van der Waals surface area (Å²) in [6.07, 6.45) is 0.868. The van der Waals surface area contributed by atoms with E-state index in [2.05, 4.69) is 43.3 Å². The van der Waals surface area contributed by atoms with E-state index in [4.69, 9.17) is 0 Å². The summed E-state index contributed by atoms with van der Waals surface area (Å²) < 4.78 is 0. The van der Waals surface area contributed by atoms with Gasteiger partial charge in [0.1, 0.15) is 23.0 Å². The lowest BCUT2D eigenvalue weighted by molar-refractivity contribution is 0.473. The summed E-state index contributed by atoms with van der Waals surface area (Å²) in [5.74, 6) is 0.994. The quantitative estimate of drug-likeness (QED) is 0.123.